The van der Waals surface area contributed by atoms with E-state index in [4.69, 9.17) is 11.7 Å². The molecule has 1 aliphatic carbocycles. The maximum absolute atomic E-state index is 12.9. The van der Waals surface area contributed by atoms with E-state index in [9.17, 15) is 10.2 Å². The molecule has 0 saturated heterocycles. The Morgan fingerprint density at radius 1 is 0.366 bits per heavy atom. The van der Waals surface area contributed by atoms with Crippen molar-refractivity contribution >= 4 is 76.3 Å². The van der Waals surface area contributed by atoms with Gasteiger partial charge in [-0.05, 0) is 139 Å². The smallest absolute Gasteiger partial charge is 0.505 e. The normalized spacial score (nSPS) is 16.0. The second-order valence-corrected chi connectivity index (χ2v) is 36.4. The monoisotopic (exact) mass is 1350 g/mol. The minimum atomic E-state index is -0.336. The second kappa shape index (κ2) is 28.4. The predicted molar refractivity (Wildman–Crippen MR) is 411 cm³/mol. The number of hydrogen-bond acceptors (Lipinski definition) is 2. The first kappa shape index (κ1) is 72.8. The van der Waals surface area contributed by atoms with Crippen molar-refractivity contribution in [3.63, 3.8) is 0 Å². The Morgan fingerprint density at radius 2 is 0.624 bits per heavy atom. The van der Waals surface area contributed by atoms with Gasteiger partial charge in [0.05, 0.1) is 33.4 Å². The Hall–Kier alpha value is -5.98. The standard InChI is InChI=1S/C72H94N2O2S2.2C7H7.Zr/c1-67(2,3)47-27-31-57-53(37-47)54-38-48(68(4,5)6)28-32-58(54)73(57)61-41-51(71(13,14)15)35-45(65(61)75)43-77(19)63-25-23-21-22-24-26-64(63)78(20)44-46-36-52(72(16,17)18)42-62(66(46)76)74-59-33-29-49(69(7,8)9)39-55(59)56-40-50(70(10,11)12)30-34-60(56)74;2*1-7-5-3-2-4-6-7;/h27-42,63-64,75-76H,19-26,43-44H2,1-18H3;2*2-6H,1H2;/q;2*-1;+2/t63-,64-,77?,78?;;;/m0.../s1. The van der Waals surface area contributed by atoms with Gasteiger partial charge >= 0.3 is 26.2 Å². The zero-order valence-electron chi connectivity index (χ0n) is 59.8. The molecule has 490 valence electrons. The van der Waals surface area contributed by atoms with Crippen LogP contribution in [0.5, 0.6) is 11.5 Å². The Labute approximate surface area is 585 Å². The number of aromatic hydroxyl groups is 2. The first-order valence-electron chi connectivity index (χ1n) is 33.6. The molecule has 0 amide bonds. The molecule has 1 fully saturated rings. The summed E-state index contributed by atoms with van der Waals surface area (Å²) >= 11 is 0. The van der Waals surface area contributed by atoms with Gasteiger partial charge in [0, 0.05) is 54.7 Å². The van der Waals surface area contributed by atoms with Gasteiger partial charge in [0.2, 0.25) is 0 Å². The minimum absolute atomic E-state index is 0. The number of aromatic nitrogens is 2. The van der Waals surface area contributed by atoms with E-state index >= 15 is 0 Å². The third kappa shape index (κ3) is 16.6. The quantitative estimate of drug-likeness (QED) is 0.118. The van der Waals surface area contributed by atoms with Crippen molar-refractivity contribution in [3.8, 4) is 22.9 Å². The zero-order valence-corrected chi connectivity index (χ0v) is 63.8. The molecule has 7 heteroatoms. The molecule has 0 spiro atoms. The number of benzene rings is 8. The maximum Gasteiger partial charge on any atom is 2.00 e. The van der Waals surface area contributed by atoms with Crippen LogP contribution in [-0.4, -0.2) is 41.6 Å². The average Bonchev–Trinajstić information content (AvgIpc) is 1.60. The van der Waals surface area contributed by atoms with Gasteiger partial charge in [0.25, 0.3) is 0 Å². The van der Waals surface area contributed by atoms with Crippen molar-refractivity contribution in [2.75, 3.05) is 0 Å². The van der Waals surface area contributed by atoms with Gasteiger partial charge in [-0.2, -0.15) is 70.2 Å². The van der Waals surface area contributed by atoms with Crippen LogP contribution in [-0.2, 0) is 70.2 Å². The molecule has 0 aliphatic heterocycles. The molecule has 2 aromatic heterocycles. The van der Waals surface area contributed by atoms with E-state index in [0.29, 0.717) is 33.5 Å². The topological polar surface area (TPSA) is 50.3 Å². The summed E-state index contributed by atoms with van der Waals surface area (Å²) in [5, 5.41) is 31.4. The Balaban J connectivity index is 0.000000655. The van der Waals surface area contributed by atoms with Gasteiger partial charge in [-0.1, -0.05) is 211 Å². The van der Waals surface area contributed by atoms with Gasteiger partial charge in [0.15, 0.2) is 0 Å². The summed E-state index contributed by atoms with van der Waals surface area (Å²) < 4.78 is 4.67. The SMILES string of the molecule is C=S(Cc1cc(C(C)(C)C)cc(-n2c3ccc(C(C)(C)C)cc3c3cc(C(C)(C)C)ccc32)c1O)[C@H]1CCCCCC[C@@H]1S(=C)Cc1cc(C(C)(C)C)cc(-n2c3ccc(C(C)(C)C)cc3c3cc(C(C)(C)C)ccc32)c1O.[CH2-]c1ccccc1.[CH2-]c1ccccc1.[Zr+2]. The van der Waals surface area contributed by atoms with E-state index < -0.39 is 0 Å². The maximum atomic E-state index is 12.9. The van der Waals surface area contributed by atoms with Gasteiger partial charge in [0.1, 0.15) is 11.5 Å². The summed E-state index contributed by atoms with van der Waals surface area (Å²) in [7, 11) is -0.672. The van der Waals surface area contributed by atoms with Crippen LogP contribution in [0.3, 0.4) is 0 Å². The van der Waals surface area contributed by atoms with Crippen LogP contribution in [0.2, 0.25) is 0 Å². The molecule has 2 heterocycles. The van der Waals surface area contributed by atoms with E-state index in [-0.39, 0.29) is 79.7 Å². The number of phenolic OH excluding ortho intramolecular Hbond substituents is 2. The fraction of sp³-hybridized carbons (Fsp3) is 0.395. The average molecular weight is 1360 g/mol. The van der Waals surface area contributed by atoms with Crippen LogP contribution in [0.4, 0.5) is 0 Å². The fourth-order valence-electron chi connectivity index (χ4n) is 13.0. The van der Waals surface area contributed by atoms with E-state index in [1.165, 1.54) is 80.6 Å². The zero-order chi connectivity index (χ0) is 67.2. The number of hydrogen-bond donors (Lipinski definition) is 2. The molecule has 1 aliphatic rings. The third-order valence-electron chi connectivity index (χ3n) is 18.9. The predicted octanol–water partition coefficient (Wildman–Crippen LogP) is 24.0. The summed E-state index contributed by atoms with van der Waals surface area (Å²) in [6.07, 6.45) is 6.98. The van der Waals surface area contributed by atoms with E-state index in [1.807, 2.05) is 60.7 Å². The molecule has 0 bridgehead atoms. The van der Waals surface area contributed by atoms with Gasteiger partial charge in [-0.15, -0.1) is 24.3 Å². The van der Waals surface area contributed by atoms with Crippen LogP contribution >= 0.6 is 21.0 Å². The minimum Gasteiger partial charge on any atom is -0.505 e. The largest absolute Gasteiger partial charge is 2.00 e. The third-order valence-corrected chi connectivity index (χ3v) is 23.3. The molecule has 2 N–H and O–H groups in total. The molecule has 0 radical (unpaired) electrons. The number of nitrogens with zero attached hydrogens (tertiary/aromatic N) is 2. The van der Waals surface area contributed by atoms with Crippen LogP contribution < -0.4 is 0 Å². The van der Waals surface area contributed by atoms with Crippen molar-refractivity contribution < 1.29 is 36.4 Å². The molecular weight excluding hydrogens is 1250 g/mol. The second-order valence-electron chi connectivity index (χ2n) is 32.5. The first-order valence-corrected chi connectivity index (χ1v) is 36.8. The molecule has 93 heavy (non-hydrogen) atoms. The van der Waals surface area contributed by atoms with E-state index in [0.717, 1.165) is 68.5 Å². The van der Waals surface area contributed by atoms with E-state index in [1.54, 1.807) is 0 Å². The number of phenols is 2. The summed E-state index contributed by atoms with van der Waals surface area (Å²) in [6.45, 7) is 48.6. The van der Waals surface area contributed by atoms with Gasteiger partial charge in [-0.3, -0.25) is 0 Å². The van der Waals surface area contributed by atoms with Crippen LogP contribution in [0.25, 0.3) is 55.0 Å². The summed E-state index contributed by atoms with van der Waals surface area (Å²) in [6, 6.07) is 56.6. The number of fused-ring (bicyclic) bond motifs is 6. The molecule has 8 aromatic carbocycles. The van der Waals surface area contributed by atoms with Crippen LogP contribution in [0.1, 0.15) is 219 Å². The summed E-state index contributed by atoms with van der Waals surface area (Å²) in [5.41, 5.74) is 17.4. The molecule has 1 saturated carbocycles. The van der Waals surface area contributed by atoms with E-state index in [2.05, 4.69) is 245 Å². The van der Waals surface area contributed by atoms with Gasteiger partial charge in [-0.25, -0.2) is 0 Å². The molecule has 4 nitrogen and oxygen atoms in total. The van der Waals surface area contributed by atoms with Crippen molar-refractivity contribution in [1.29, 1.82) is 0 Å². The van der Waals surface area contributed by atoms with Crippen LogP contribution in [0, 0.1) is 13.8 Å². The molecule has 4 atom stereocenters. The molecular formula is C86H108N2O2S2Zr. The molecule has 11 rings (SSSR count). The summed E-state index contributed by atoms with van der Waals surface area (Å²) in [5.74, 6) is 12.3. The Morgan fingerprint density at radius 3 is 0.849 bits per heavy atom. The van der Waals surface area contributed by atoms with Crippen molar-refractivity contribution in [3.05, 3.63) is 227 Å². The van der Waals surface area contributed by atoms with Crippen molar-refractivity contribution in [2.45, 2.75) is 218 Å². The van der Waals surface area contributed by atoms with Crippen molar-refractivity contribution in [1.82, 2.24) is 9.13 Å². The van der Waals surface area contributed by atoms with Gasteiger partial charge < -0.3 is 19.3 Å². The van der Waals surface area contributed by atoms with Crippen molar-refractivity contribution in [2.24, 2.45) is 0 Å². The molecule has 10 aromatic rings. The summed E-state index contributed by atoms with van der Waals surface area (Å²) in [4.78, 5) is 0. The first-order chi connectivity index (χ1) is 42.9. The van der Waals surface area contributed by atoms with Crippen LogP contribution in [0.15, 0.2) is 158 Å². The molecule has 2 unspecified atom stereocenters. The number of rotatable bonds is 8. The Bertz CT molecular complexity index is 3890. The Kier molecular flexibility index (Phi) is 22.2. The fourth-order valence-corrected chi connectivity index (χ4v) is 17.7.